The molecule has 0 radical (unpaired) electrons. The summed E-state index contributed by atoms with van der Waals surface area (Å²) < 4.78 is 5.91. The van der Waals surface area contributed by atoms with Crippen LogP contribution < -0.4 is 5.32 Å². The third kappa shape index (κ3) is 8.35. The van der Waals surface area contributed by atoms with Gasteiger partial charge in [0.15, 0.2) is 0 Å². The first-order valence-electron chi connectivity index (χ1n) is 9.00. The maximum absolute atomic E-state index is 11.9. The molecular formula is C18H33NO4. The molecule has 1 rings (SSSR count). The van der Waals surface area contributed by atoms with Crippen LogP contribution in [0.15, 0.2) is 0 Å². The highest BCUT2D eigenvalue weighted by Gasteiger charge is 2.31. The first-order chi connectivity index (χ1) is 10.9. The zero-order chi connectivity index (χ0) is 17.2. The zero-order valence-electron chi connectivity index (χ0n) is 14.8. The van der Waals surface area contributed by atoms with Crippen LogP contribution in [-0.4, -0.2) is 36.2 Å². The van der Waals surface area contributed by atoms with E-state index in [9.17, 15) is 9.59 Å². The van der Waals surface area contributed by atoms with Crippen LogP contribution in [0.5, 0.6) is 0 Å². The van der Waals surface area contributed by atoms with Crippen molar-refractivity contribution in [2.45, 2.75) is 71.8 Å². The fraction of sp³-hybridized carbons (Fsp3) is 0.889. The number of nitrogens with one attached hydrogen (secondary N) is 1. The Hall–Kier alpha value is -1.10. The lowest BCUT2D eigenvalue weighted by Crippen LogP contribution is -2.37. The van der Waals surface area contributed by atoms with Gasteiger partial charge in [0.2, 0.25) is 5.91 Å². The number of aliphatic carboxylic acids is 1. The van der Waals surface area contributed by atoms with Crippen LogP contribution in [0.3, 0.4) is 0 Å². The quantitative estimate of drug-likeness (QED) is 0.604. The molecule has 0 bridgehead atoms. The van der Waals surface area contributed by atoms with Crippen molar-refractivity contribution in [1.29, 1.82) is 0 Å². The molecule has 1 aliphatic rings. The predicted molar refractivity (Wildman–Crippen MR) is 90.2 cm³/mol. The normalized spacial score (nSPS) is 24.6. The van der Waals surface area contributed by atoms with E-state index in [0.29, 0.717) is 30.7 Å². The Morgan fingerprint density at radius 3 is 2.61 bits per heavy atom. The monoisotopic (exact) mass is 327 g/mol. The highest BCUT2D eigenvalue weighted by molar-refractivity contribution is 5.77. The van der Waals surface area contributed by atoms with Crippen LogP contribution in [0.1, 0.15) is 65.7 Å². The van der Waals surface area contributed by atoms with E-state index < -0.39 is 5.97 Å². The Morgan fingerprint density at radius 1 is 1.22 bits per heavy atom. The van der Waals surface area contributed by atoms with E-state index in [4.69, 9.17) is 9.84 Å². The summed E-state index contributed by atoms with van der Waals surface area (Å²) in [7, 11) is 0. The lowest BCUT2D eigenvalue weighted by molar-refractivity contribution is -0.137. The van der Waals surface area contributed by atoms with Gasteiger partial charge in [-0.1, -0.05) is 33.6 Å². The summed E-state index contributed by atoms with van der Waals surface area (Å²) in [5, 5.41) is 11.4. The molecule has 0 aliphatic heterocycles. The molecule has 1 amide bonds. The second-order valence-electron chi connectivity index (χ2n) is 7.23. The summed E-state index contributed by atoms with van der Waals surface area (Å²) in [5.74, 6) is 0.986. The van der Waals surface area contributed by atoms with Crippen molar-refractivity contribution in [2.24, 2.45) is 17.8 Å². The van der Waals surface area contributed by atoms with Gasteiger partial charge in [0.05, 0.1) is 6.10 Å². The van der Waals surface area contributed by atoms with Gasteiger partial charge in [-0.25, -0.2) is 0 Å². The summed E-state index contributed by atoms with van der Waals surface area (Å²) in [5.41, 5.74) is 0. The highest BCUT2D eigenvalue weighted by Crippen LogP contribution is 2.35. The van der Waals surface area contributed by atoms with Gasteiger partial charge in [-0.3, -0.25) is 9.59 Å². The van der Waals surface area contributed by atoms with Gasteiger partial charge >= 0.3 is 5.97 Å². The molecule has 0 spiro atoms. The summed E-state index contributed by atoms with van der Waals surface area (Å²) in [6.07, 6.45) is 6.19. The predicted octanol–water partition coefficient (Wildman–Crippen LogP) is 3.23. The van der Waals surface area contributed by atoms with Gasteiger partial charge < -0.3 is 15.2 Å². The van der Waals surface area contributed by atoms with Crippen molar-refractivity contribution in [1.82, 2.24) is 5.32 Å². The molecule has 5 heteroatoms. The number of carboxylic acids is 1. The molecule has 0 heterocycles. The number of carbonyl (C=O) groups excluding carboxylic acids is 1. The maximum Gasteiger partial charge on any atom is 0.303 e. The lowest BCUT2D eigenvalue weighted by Gasteiger charge is -2.37. The molecule has 1 fully saturated rings. The Bertz CT molecular complexity index is 370. The summed E-state index contributed by atoms with van der Waals surface area (Å²) in [6.45, 7) is 7.44. The summed E-state index contributed by atoms with van der Waals surface area (Å²) in [4.78, 5) is 22.2. The third-order valence-electron chi connectivity index (χ3n) is 4.78. The molecule has 5 nitrogen and oxygen atoms in total. The summed E-state index contributed by atoms with van der Waals surface area (Å²) in [6, 6.07) is 0. The van der Waals surface area contributed by atoms with E-state index in [1.54, 1.807) is 0 Å². The fourth-order valence-electron chi connectivity index (χ4n) is 3.35. The van der Waals surface area contributed by atoms with Gasteiger partial charge in [-0.2, -0.15) is 0 Å². The topological polar surface area (TPSA) is 75.6 Å². The average Bonchev–Trinajstić information content (AvgIpc) is 2.48. The Labute approximate surface area is 140 Å². The molecule has 134 valence electrons. The van der Waals surface area contributed by atoms with Crippen molar-refractivity contribution in [3.05, 3.63) is 0 Å². The van der Waals surface area contributed by atoms with E-state index in [2.05, 4.69) is 26.1 Å². The van der Waals surface area contributed by atoms with Crippen molar-refractivity contribution in [3.8, 4) is 0 Å². The van der Waals surface area contributed by atoms with Crippen LogP contribution in [0.25, 0.3) is 0 Å². The first-order valence-corrected chi connectivity index (χ1v) is 9.00. The maximum atomic E-state index is 11.9. The van der Waals surface area contributed by atoms with E-state index in [1.807, 2.05) is 0 Å². The molecule has 2 N–H and O–H groups in total. The molecule has 3 atom stereocenters. The van der Waals surface area contributed by atoms with E-state index in [0.717, 1.165) is 19.3 Å². The Kier molecular flexibility index (Phi) is 9.22. The minimum absolute atomic E-state index is 0.0658. The fourth-order valence-corrected chi connectivity index (χ4v) is 3.35. The van der Waals surface area contributed by atoms with Gasteiger partial charge in [0, 0.05) is 13.0 Å². The molecule has 0 aromatic heterocycles. The molecule has 0 aromatic carbocycles. The minimum atomic E-state index is -0.760. The number of hydrogen-bond donors (Lipinski definition) is 2. The molecule has 1 aliphatic carbocycles. The number of unbranched alkanes of at least 4 members (excludes halogenated alkanes) is 2. The van der Waals surface area contributed by atoms with Gasteiger partial charge in [0.1, 0.15) is 6.61 Å². The second-order valence-corrected chi connectivity index (χ2v) is 7.23. The minimum Gasteiger partial charge on any atom is -0.481 e. The number of hydrogen-bond acceptors (Lipinski definition) is 3. The van der Waals surface area contributed by atoms with Gasteiger partial charge in [0.25, 0.3) is 0 Å². The molecule has 3 unspecified atom stereocenters. The van der Waals surface area contributed by atoms with Crippen LogP contribution in [0, 0.1) is 17.8 Å². The lowest BCUT2D eigenvalue weighted by atomic mass is 9.75. The van der Waals surface area contributed by atoms with Gasteiger partial charge in [-0.15, -0.1) is 0 Å². The SMILES string of the molecule is CC1CCC(C(C)C)C(OCC(=O)NCCCCCC(=O)O)C1. The highest BCUT2D eigenvalue weighted by atomic mass is 16.5. The second kappa shape index (κ2) is 10.6. The van der Waals surface area contributed by atoms with Crippen LogP contribution >= 0.6 is 0 Å². The Balaban J connectivity index is 2.17. The number of rotatable bonds is 10. The van der Waals surface area contributed by atoms with Crippen molar-refractivity contribution in [3.63, 3.8) is 0 Å². The van der Waals surface area contributed by atoms with Crippen LogP contribution in [0.2, 0.25) is 0 Å². The number of carbonyl (C=O) groups is 2. The molecular weight excluding hydrogens is 294 g/mol. The van der Waals surface area contributed by atoms with E-state index >= 15 is 0 Å². The standard InChI is InChI=1S/C18H33NO4/c1-13(2)15-9-8-14(3)11-16(15)23-12-17(20)19-10-6-4-5-7-18(21)22/h13-16H,4-12H2,1-3H3,(H,19,20)(H,21,22). The number of ether oxygens (including phenoxy) is 1. The molecule has 0 aromatic rings. The van der Waals surface area contributed by atoms with Crippen molar-refractivity contribution in [2.75, 3.05) is 13.2 Å². The van der Waals surface area contributed by atoms with Gasteiger partial charge in [-0.05, 0) is 43.4 Å². The zero-order valence-corrected chi connectivity index (χ0v) is 14.8. The molecule has 0 saturated heterocycles. The number of carboxylic acid groups (broad SMARTS) is 1. The van der Waals surface area contributed by atoms with E-state index in [-0.39, 0.29) is 25.0 Å². The largest absolute Gasteiger partial charge is 0.481 e. The first kappa shape index (κ1) is 19.9. The average molecular weight is 327 g/mol. The number of amides is 1. The van der Waals surface area contributed by atoms with Crippen molar-refractivity contribution < 1.29 is 19.4 Å². The van der Waals surface area contributed by atoms with Crippen LogP contribution in [0.4, 0.5) is 0 Å². The van der Waals surface area contributed by atoms with E-state index in [1.165, 1.54) is 12.8 Å². The Morgan fingerprint density at radius 2 is 1.96 bits per heavy atom. The third-order valence-corrected chi connectivity index (χ3v) is 4.78. The van der Waals surface area contributed by atoms with Crippen LogP contribution in [-0.2, 0) is 14.3 Å². The molecule has 23 heavy (non-hydrogen) atoms. The summed E-state index contributed by atoms with van der Waals surface area (Å²) >= 11 is 0. The van der Waals surface area contributed by atoms with Crippen molar-refractivity contribution >= 4 is 11.9 Å². The smallest absolute Gasteiger partial charge is 0.303 e. The molecule has 1 saturated carbocycles.